The van der Waals surface area contributed by atoms with Crippen LogP contribution in [-0.2, 0) is 17.9 Å². The van der Waals surface area contributed by atoms with Crippen molar-refractivity contribution in [1.82, 2.24) is 14.0 Å². The van der Waals surface area contributed by atoms with Gasteiger partial charge in [-0.15, -0.1) is 11.3 Å². The van der Waals surface area contributed by atoms with Gasteiger partial charge in [-0.3, -0.25) is 18.7 Å². The van der Waals surface area contributed by atoms with Crippen molar-refractivity contribution in [1.29, 1.82) is 0 Å². The molecule has 1 amide bonds. The van der Waals surface area contributed by atoms with Crippen LogP contribution in [0.15, 0.2) is 64.2 Å². The molecule has 1 aliphatic heterocycles. The summed E-state index contributed by atoms with van der Waals surface area (Å²) in [5.41, 5.74) is 0.703. The maximum atomic E-state index is 13.5. The van der Waals surface area contributed by atoms with E-state index in [0.717, 1.165) is 41.6 Å². The quantitative estimate of drug-likeness (QED) is 0.511. The molecule has 152 valence electrons. The highest BCUT2D eigenvalue weighted by Gasteiger charge is 2.23. The van der Waals surface area contributed by atoms with Crippen molar-refractivity contribution in [3.8, 4) is 0 Å². The van der Waals surface area contributed by atoms with Gasteiger partial charge in [0.25, 0.3) is 5.56 Å². The highest BCUT2D eigenvalue weighted by molar-refractivity contribution is 7.25. The van der Waals surface area contributed by atoms with E-state index in [1.165, 1.54) is 20.5 Å². The average Bonchev–Trinajstić information content (AvgIpc) is 3.43. The van der Waals surface area contributed by atoms with Gasteiger partial charge in [-0.25, -0.2) is 4.79 Å². The summed E-state index contributed by atoms with van der Waals surface area (Å²) in [6, 6.07) is 17.1. The molecule has 3 heterocycles. The Morgan fingerprint density at radius 2 is 1.60 bits per heavy atom. The highest BCUT2D eigenvalue weighted by Crippen LogP contribution is 2.31. The van der Waals surface area contributed by atoms with Gasteiger partial charge in [-0.1, -0.05) is 48.5 Å². The fourth-order valence-corrected chi connectivity index (χ4v) is 5.31. The Labute approximate surface area is 176 Å². The number of rotatable bonds is 4. The predicted molar refractivity (Wildman–Crippen MR) is 119 cm³/mol. The average molecular weight is 420 g/mol. The van der Waals surface area contributed by atoms with Gasteiger partial charge in [-0.2, -0.15) is 0 Å². The van der Waals surface area contributed by atoms with E-state index in [-0.39, 0.29) is 24.6 Å². The number of carbonyl (C=O) groups is 1. The number of hydrogen-bond donors (Lipinski definition) is 0. The molecule has 1 saturated heterocycles. The van der Waals surface area contributed by atoms with Gasteiger partial charge in [0.1, 0.15) is 11.2 Å². The number of aromatic nitrogens is 2. The van der Waals surface area contributed by atoms with Crippen molar-refractivity contribution in [3.63, 3.8) is 0 Å². The maximum Gasteiger partial charge on any atom is 0.332 e. The predicted octanol–water partition coefficient (Wildman–Crippen LogP) is 3.05. The lowest BCUT2D eigenvalue weighted by Gasteiger charge is -2.18. The van der Waals surface area contributed by atoms with Crippen LogP contribution in [-0.4, -0.2) is 33.0 Å². The van der Waals surface area contributed by atoms with Crippen LogP contribution in [0.2, 0.25) is 0 Å². The molecule has 2 aromatic carbocycles. The van der Waals surface area contributed by atoms with Crippen LogP contribution in [0.25, 0.3) is 20.3 Å². The van der Waals surface area contributed by atoms with Crippen LogP contribution < -0.4 is 11.2 Å². The second-order valence-corrected chi connectivity index (χ2v) is 8.66. The molecule has 0 aliphatic carbocycles. The third-order valence-electron chi connectivity index (χ3n) is 5.68. The Hall–Kier alpha value is -3.19. The number of fused-ring (bicyclic) bond motifs is 3. The lowest BCUT2D eigenvalue weighted by molar-refractivity contribution is -0.130. The van der Waals surface area contributed by atoms with Crippen molar-refractivity contribution in [3.05, 3.63) is 81.0 Å². The van der Waals surface area contributed by atoms with Crippen LogP contribution in [0.5, 0.6) is 0 Å². The molecule has 2 aromatic heterocycles. The largest absolute Gasteiger partial charge is 0.341 e. The summed E-state index contributed by atoms with van der Waals surface area (Å²) in [4.78, 5) is 41.5. The number of benzene rings is 2. The van der Waals surface area contributed by atoms with Crippen LogP contribution in [0.1, 0.15) is 18.4 Å². The normalized spacial score (nSPS) is 14.1. The molecule has 5 rings (SSSR count). The zero-order valence-corrected chi connectivity index (χ0v) is 17.2. The molecule has 7 heteroatoms. The highest BCUT2D eigenvalue weighted by atomic mass is 32.1. The number of carbonyl (C=O) groups excluding carboxylic acids is 1. The van der Waals surface area contributed by atoms with E-state index in [0.29, 0.717) is 10.2 Å². The van der Waals surface area contributed by atoms with Gasteiger partial charge >= 0.3 is 5.69 Å². The molecule has 0 saturated carbocycles. The second kappa shape index (κ2) is 7.57. The number of nitrogens with zero attached hydrogens (tertiary/aromatic N) is 3. The van der Waals surface area contributed by atoms with Crippen LogP contribution >= 0.6 is 11.3 Å². The molecule has 4 aromatic rings. The lowest BCUT2D eigenvalue weighted by Crippen LogP contribution is -2.43. The summed E-state index contributed by atoms with van der Waals surface area (Å²) < 4.78 is 4.20. The van der Waals surface area contributed by atoms with Crippen molar-refractivity contribution in [2.24, 2.45) is 0 Å². The minimum absolute atomic E-state index is 0.0505. The number of likely N-dealkylation sites (tertiary alicyclic amines) is 1. The third-order valence-corrected chi connectivity index (χ3v) is 6.82. The van der Waals surface area contributed by atoms with Crippen LogP contribution in [0.4, 0.5) is 0 Å². The molecule has 1 fully saturated rings. The van der Waals surface area contributed by atoms with E-state index in [9.17, 15) is 14.4 Å². The summed E-state index contributed by atoms with van der Waals surface area (Å²) in [5, 5.41) is 0.841. The summed E-state index contributed by atoms with van der Waals surface area (Å²) in [7, 11) is 0. The smallest absolute Gasteiger partial charge is 0.332 e. The first-order valence-electron chi connectivity index (χ1n) is 10.1. The van der Waals surface area contributed by atoms with E-state index in [4.69, 9.17) is 0 Å². The SMILES string of the molecule is O=C(Cn1c(=O)n(Cc2ccccc2)c(=O)c2sc3ccccc3c21)N1CCCC1. The summed E-state index contributed by atoms with van der Waals surface area (Å²) in [5.74, 6) is -0.0731. The number of hydrogen-bond acceptors (Lipinski definition) is 4. The van der Waals surface area contributed by atoms with Gasteiger partial charge in [0, 0.05) is 23.2 Å². The minimum Gasteiger partial charge on any atom is -0.341 e. The van der Waals surface area contributed by atoms with Gasteiger partial charge in [0.05, 0.1) is 12.1 Å². The van der Waals surface area contributed by atoms with E-state index < -0.39 is 5.69 Å². The molecular formula is C23H21N3O3S. The minimum atomic E-state index is -0.438. The fraction of sp³-hybridized carbons (Fsp3) is 0.261. The van der Waals surface area contributed by atoms with Crippen LogP contribution in [0.3, 0.4) is 0 Å². The first kappa shape index (κ1) is 18.8. The molecule has 0 unspecified atom stereocenters. The first-order valence-corrected chi connectivity index (χ1v) is 10.9. The van der Waals surface area contributed by atoms with Gasteiger partial charge in [0.2, 0.25) is 5.91 Å². The van der Waals surface area contributed by atoms with Crippen molar-refractivity contribution in [2.75, 3.05) is 13.1 Å². The third kappa shape index (κ3) is 3.15. The van der Waals surface area contributed by atoms with E-state index >= 15 is 0 Å². The Balaban J connectivity index is 1.73. The topological polar surface area (TPSA) is 64.3 Å². The molecule has 0 radical (unpaired) electrons. The van der Waals surface area contributed by atoms with Gasteiger partial charge < -0.3 is 4.90 Å². The fourth-order valence-electron chi connectivity index (χ4n) is 4.15. The first-order chi connectivity index (χ1) is 14.6. The maximum absolute atomic E-state index is 13.5. The summed E-state index contributed by atoms with van der Waals surface area (Å²) in [6.07, 6.45) is 1.98. The molecule has 0 spiro atoms. The monoisotopic (exact) mass is 419 g/mol. The zero-order chi connectivity index (χ0) is 20.7. The molecule has 0 atom stereocenters. The Kier molecular flexibility index (Phi) is 4.75. The standard InChI is InChI=1S/C23H21N3O3S/c27-19(24-12-6-7-13-24)15-25-20-17-10-4-5-11-18(17)30-21(20)22(28)26(23(25)29)14-16-8-2-1-3-9-16/h1-5,8-11H,6-7,12-15H2. The summed E-state index contributed by atoms with van der Waals surface area (Å²) >= 11 is 1.38. The number of thiophene rings is 1. The van der Waals surface area contributed by atoms with Crippen LogP contribution in [0, 0.1) is 0 Å². The van der Waals surface area contributed by atoms with Crippen molar-refractivity contribution < 1.29 is 4.79 Å². The molecule has 1 aliphatic rings. The zero-order valence-electron chi connectivity index (χ0n) is 16.4. The Morgan fingerprint density at radius 3 is 2.37 bits per heavy atom. The molecule has 0 N–H and O–H groups in total. The molecule has 6 nitrogen and oxygen atoms in total. The van der Waals surface area contributed by atoms with Crippen molar-refractivity contribution in [2.45, 2.75) is 25.9 Å². The van der Waals surface area contributed by atoms with E-state index in [1.54, 1.807) is 4.90 Å². The second-order valence-electron chi connectivity index (χ2n) is 7.61. The van der Waals surface area contributed by atoms with Gasteiger partial charge in [-0.05, 0) is 24.5 Å². The molecular weight excluding hydrogens is 398 g/mol. The summed E-state index contributed by atoms with van der Waals surface area (Å²) in [6.45, 7) is 1.58. The van der Waals surface area contributed by atoms with Gasteiger partial charge in [0.15, 0.2) is 0 Å². The molecule has 30 heavy (non-hydrogen) atoms. The Bertz CT molecular complexity index is 1360. The number of amides is 1. The molecule has 0 bridgehead atoms. The Morgan fingerprint density at radius 1 is 0.900 bits per heavy atom. The van der Waals surface area contributed by atoms with Crippen molar-refractivity contribution >= 4 is 37.5 Å². The van der Waals surface area contributed by atoms with E-state index in [1.807, 2.05) is 54.6 Å². The lowest BCUT2D eigenvalue weighted by atomic mass is 10.2. The van der Waals surface area contributed by atoms with E-state index in [2.05, 4.69) is 0 Å².